The second-order valence-corrected chi connectivity index (χ2v) is 3.75. The third-order valence-electron chi connectivity index (χ3n) is 2.24. The van der Waals surface area contributed by atoms with E-state index in [1.807, 2.05) is 0 Å². The van der Waals surface area contributed by atoms with E-state index >= 15 is 0 Å². The van der Waals surface area contributed by atoms with E-state index in [9.17, 15) is 0 Å². The third kappa shape index (κ3) is 9.66. The fourth-order valence-electron chi connectivity index (χ4n) is 1.33. The molecule has 0 heterocycles. The number of allylic oxidation sites excluding steroid dienone is 2. The van der Waals surface area contributed by atoms with Gasteiger partial charge in [0.15, 0.2) is 0 Å². The predicted molar refractivity (Wildman–Crippen MR) is 61.3 cm³/mol. The first-order chi connectivity index (χ1) is 6.31. The molecule has 0 N–H and O–H groups in total. The average Bonchev–Trinajstić information content (AvgIpc) is 2.13. The lowest BCUT2D eigenvalue weighted by atomic mass is 10.0. The third-order valence-corrected chi connectivity index (χ3v) is 2.24. The van der Waals surface area contributed by atoms with Crippen LogP contribution in [0.1, 0.15) is 51.9 Å². The molecule has 1 unspecified atom stereocenters. The van der Waals surface area contributed by atoms with Crippen molar-refractivity contribution in [3.8, 4) is 0 Å². The van der Waals surface area contributed by atoms with Crippen LogP contribution in [0.15, 0.2) is 12.2 Å². The molecule has 0 saturated heterocycles. The zero-order valence-corrected chi connectivity index (χ0v) is 9.10. The summed E-state index contributed by atoms with van der Waals surface area (Å²) in [6, 6.07) is 0. The Morgan fingerprint density at radius 2 is 1.77 bits per heavy atom. The first-order valence-corrected chi connectivity index (χ1v) is 5.56. The van der Waals surface area contributed by atoms with Gasteiger partial charge in [-0.3, -0.25) is 0 Å². The number of unbranched alkanes of at least 4 members (excludes halogenated alkanes) is 4. The molecule has 0 heteroatoms. The number of hydrogen-bond acceptors (Lipinski definition) is 0. The highest BCUT2D eigenvalue weighted by Gasteiger charge is 1.95. The minimum Gasteiger partial charge on any atom is -0.0883 e. The van der Waals surface area contributed by atoms with Gasteiger partial charge in [0.25, 0.3) is 0 Å². The molecule has 13 heavy (non-hydrogen) atoms. The van der Waals surface area contributed by atoms with Crippen molar-refractivity contribution in [3.63, 3.8) is 0 Å². The van der Waals surface area contributed by atoms with Gasteiger partial charge in [-0.25, -0.2) is 0 Å². The van der Waals surface area contributed by atoms with Gasteiger partial charge >= 0.3 is 0 Å². The molecule has 0 fully saturated rings. The van der Waals surface area contributed by atoms with Gasteiger partial charge < -0.3 is 0 Å². The SMILES string of the molecule is [CH2]CCCC=CC(C)CCCC[CH2]. The van der Waals surface area contributed by atoms with Crippen LogP contribution in [0.3, 0.4) is 0 Å². The second kappa shape index (κ2) is 9.83. The van der Waals surface area contributed by atoms with E-state index in [1.54, 1.807) is 0 Å². The minimum absolute atomic E-state index is 0.747. The summed E-state index contributed by atoms with van der Waals surface area (Å²) in [5, 5.41) is 0. The molecule has 0 aliphatic rings. The van der Waals surface area contributed by atoms with Crippen LogP contribution >= 0.6 is 0 Å². The van der Waals surface area contributed by atoms with E-state index in [2.05, 4.69) is 32.9 Å². The molecule has 0 aromatic rings. The number of hydrogen-bond donors (Lipinski definition) is 0. The van der Waals surface area contributed by atoms with E-state index in [0.29, 0.717) is 0 Å². The predicted octanol–water partition coefficient (Wildman–Crippen LogP) is 4.58. The molecular formula is C13H24. The molecule has 76 valence electrons. The molecule has 0 rings (SSSR count). The van der Waals surface area contributed by atoms with Crippen LogP contribution in [0.2, 0.25) is 0 Å². The Morgan fingerprint density at radius 1 is 1.08 bits per heavy atom. The van der Waals surface area contributed by atoms with Crippen LogP contribution in [0, 0.1) is 19.8 Å². The smallest absolute Gasteiger partial charge is 0.0262 e. The molecule has 0 bridgehead atoms. The van der Waals surface area contributed by atoms with E-state index in [0.717, 1.165) is 18.8 Å². The molecule has 0 aromatic carbocycles. The molecule has 0 saturated carbocycles. The van der Waals surface area contributed by atoms with Crippen molar-refractivity contribution in [3.05, 3.63) is 26.0 Å². The molecule has 1 atom stereocenters. The summed E-state index contributed by atoms with van der Waals surface area (Å²) in [6.45, 7) is 9.96. The Kier molecular flexibility index (Phi) is 9.63. The van der Waals surface area contributed by atoms with Gasteiger partial charge in [0.1, 0.15) is 0 Å². The highest BCUT2D eigenvalue weighted by atomic mass is 14.0. The lowest BCUT2D eigenvalue weighted by Crippen LogP contribution is -1.89. The Bertz CT molecular complexity index is 113. The van der Waals surface area contributed by atoms with E-state index < -0.39 is 0 Å². The van der Waals surface area contributed by atoms with Crippen molar-refractivity contribution in [1.29, 1.82) is 0 Å². The van der Waals surface area contributed by atoms with Crippen molar-refractivity contribution in [2.45, 2.75) is 51.9 Å². The van der Waals surface area contributed by atoms with E-state index in [4.69, 9.17) is 0 Å². The minimum atomic E-state index is 0.747. The van der Waals surface area contributed by atoms with Crippen molar-refractivity contribution in [2.75, 3.05) is 0 Å². The maximum atomic E-state index is 3.84. The van der Waals surface area contributed by atoms with Gasteiger partial charge in [0, 0.05) is 0 Å². The number of rotatable bonds is 8. The van der Waals surface area contributed by atoms with Crippen molar-refractivity contribution < 1.29 is 0 Å². The summed E-state index contributed by atoms with van der Waals surface area (Å²) >= 11 is 0. The largest absolute Gasteiger partial charge is 0.0883 e. The van der Waals surface area contributed by atoms with Gasteiger partial charge in [-0.05, 0) is 25.2 Å². The first kappa shape index (κ1) is 12.7. The zero-order valence-electron chi connectivity index (χ0n) is 9.10. The van der Waals surface area contributed by atoms with Gasteiger partial charge in [-0.2, -0.15) is 0 Å². The van der Waals surface area contributed by atoms with Gasteiger partial charge in [0.2, 0.25) is 0 Å². The van der Waals surface area contributed by atoms with Gasteiger partial charge in [-0.1, -0.05) is 58.6 Å². The maximum Gasteiger partial charge on any atom is -0.0262 e. The zero-order chi connectivity index (χ0) is 9.94. The van der Waals surface area contributed by atoms with Crippen LogP contribution in [0.4, 0.5) is 0 Å². The topological polar surface area (TPSA) is 0 Å². The molecular weight excluding hydrogens is 156 g/mol. The summed E-state index contributed by atoms with van der Waals surface area (Å²) in [5.74, 6) is 0.747. The molecule has 0 nitrogen and oxygen atoms in total. The molecule has 0 aliphatic heterocycles. The lowest BCUT2D eigenvalue weighted by Gasteiger charge is -2.04. The second-order valence-electron chi connectivity index (χ2n) is 3.75. The highest BCUT2D eigenvalue weighted by Crippen LogP contribution is 2.11. The van der Waals surface area contributed by atoms with Gasteiger partial charge in [-0.15, -0.1) is 0 Å². The molecule has 0 aliphatic carbocycles. The Balaban J connectivity index is 3.27. The van der Waals surface area contributed by atoms with Crippen molar-refractivity contribution >= 4 is 0 Å². The fourth-order valence-corrected chi connectivity index (χ4v) is 1.33. The summed E-state index contributed by atoms with van der Waals surface area (Å²) < 4.78 is 0. The van der Waals surface area contributed by atoms with Crippen molar-refractivity contribution in [2.24, 2.45) is 5.92 Å². The fraction of sp³-hybridized carbons (Fsp3) is 0.692. The van der Waals surface area contributed by atoms with Crippen LogP contribution in [-0.4, -0.2) is 0 Å². The first-order valence-electron chi connectivity index (χ1n) is 5.56. The monoisotopic (exact) mass is 180 g/mol. The molecule has 0 spiro atoms. The molecule has 2 radical (unpaired) electrons. The maximum absolute atomic E-state index is 3.84. The van der Waals surface area contributed by atoms with E-state index in [1.165, 1.54) is 32.1 Å². The Labute approximate surface area is 84.4 Å². The van der Waals surface area contributed by atoms with Crippen LogP contribution in [0.25, 0.3) is 0 Å². The Hall–Kier alpha value is -0.260. The van der Waals surface area contributed by atoms with Gasteiger partial charge in [0.05, 0.1) is 0 Å². The van der Waals surface area contributed by atoms with Crippen LogP contribution in [-0.2, 0) is 0 Å². The van der Waals surface area contributed by atoms with E-state index in [-0.39, 0.29) is 0 Å². The molecule has 0 amide bonds. The lowest BCUT2D eigenvalue weighted by molar-refractivity contribution is 0.582. The standard InChI is InChI=1S/C13H24/c1-4-6-8-10-12-13(3)11-9-7-5-2/h10,12-13H,1-2,4-9,11H2,3H3. The quantitative estimate of drug-likeness (QED) is 0.379. The van der Waals surface area contributed by atoms with Crippen LogP contribution in [0.5, 0.6) is 0 Å². The summed E-state index contributed by atoms with van der Waals surface area (Å²) in [4.78, 5) is 0. The highest BCUT2D eigenvalue weighted by molar-refractivity contribution is 4.86. The van der Waals surface area contributed by atoms with Crippen LogP contribution < -0.4 is 0 Å². The summed E-state index contributed by atoms with van der Waals surface area (Å²) in [5.41, 5.74) is 0. The van der Waals surface area contributed by atoms with Crippen molar-refractivity contribution in [1.82, 2.24) is 0 Å². The average molecular weight is 180 g/mol. The Morgan fingerprint density at radius 3 is 2.38 bits per heavy atom. The summed E-state index contributed by atoms with van der Waals surface area (Å²) in [6.07, 6.45) is 13.1. The molecule has 0 aromatic heterocycles. The normalized spacial score (nSPS) is 13.8. The summed E-state index contributed by atoms with van der Waals surface area (Å²) in [7, 11) is 0.